The minimum atomic E-state index is -0.488. The molecule has 0 aliphatic heterocycles. The van der Waals surface area contributed by atoms with Crippen LogP contribution in [-0.4, -0.2) is 16.7 Å². The first-order chi connectivity index (χ1) is 9.11. The number of nitrogens with zero attached hydrogens (tertiary/aromatic N) is 2. The van der Waals surface area contributed by atoms with Gasteiger partial charge in [-0.05, 0) is 38.1 Å². The van der Waals surface area contributed by atoms with Crippen LogP contribution in [0.1, 0.15) is 31.3 Å². The van der Waals surface area contributed by atoms with E-state index in [1.165, 1.54) is 11.3 Å². The van der Waals surface area contributed by atoms with E-state index in [9.17, 15) is 8.78 Å². The Kier molecular flexibility index (Phi) is 4.55. The molecule has 0 spiro atoms. The predicted molar refractivity (Wildman–Crippen MR) is 72.0 cm³/mol. The summed E-state index contributed by atoms with van der Waals surface area (Å²) in [5.41, 5.74) is 0.159. The molecule has 1 aromatic carbocycles. The molecule has 1 atom stereocenters. The first-order valence-electron chi connectivity index (χ1n) is 6.14. The zero-order valence-electron chi connectivity index (χ0n) is 10.8. The first kappa shape index (κ1) is 14.0. The van der Waals surface area contributed by atoms with Gasteiger partial charge in [-0.15, -0.1) is 10.2 Å². The molecule has 1 N–H and O–H groups in total. The van der Waals surface area contributed by atoms with E-state index in [2.05, 4.69) is 22.4 Å². The van der Waals surface area contributed by atoms with E-state index in [0.29, 0.717) is 5.01 Å². The molecule has 0 amide bonds. The minimum absolute atomic E-state index is 0.0582. The van der Waals surface area contributed by atoms with Gasteiger partial charge in [0.25, 0.3) is 0 Å². The quantitative estimate of drug-likeness (QED) is 0.912. The van der Waals surface area contributed by atoms with Crippen molar-refractivity contribution >= 4 is 11.3 Å². The number of halogens is 2. The van der Waals surface area contributed by atoms with Gasteiger partial charge in [0.2, 0.25) is 0 Å². The topological polar surface area (TPSA) is 37.8 Å². The van der Waals surface area contributed by atoms with Crippen molar-refractivity contribution in [2.24, 2.45) is 0 Å². The maximum atomic E-state index is 13.6. The van der Waals surface area contributed by atoms with Crippen LogP contribution < -0.4 is 5.32 Å². The van der Waals surface area contributed by atoms with Gasteiger partial charge in [0.05, 0.1) is 11.6 Å². The highest BCUT2D eigenvalue weighted by atomic mass is 32.1. The Labute approximate surface area is 114 Å². The summed E-state index contributed by atoms with van der Waals surface area (Å²) in [4.78, 5) is 0. The fourth-order valence-corrected chi connectivity index (χ4v) is 2.52. The number of rotatable bonds is 5. The van der Waals surface area contributed by atoms with E-state index in [4.69, 9.17) is 0 Å². The van der Waals surface area contributed by atoms with Crippen molar-refractivity contribution in [1.29, 1.82) is 0 Å². The maximum Gasteiger partial charge on any atom is 0.150 e. The Morgan fingerprint density at radius 3 is 2.84 bits per heavy atom. The summed E-state index contributed by atoms with van der Waals surface area (Å²) in [6.07, 6.45) is 1.02. The molecule has 6 heteroatoms. The lowest BCUT2D eigenvalue weighted by molar-refractivity contribution is 0.564. The normalized spacial score (nSPS) is 12.6. The molecule has 102 valence electrons. The smallest absolute Gasteiger partial charge is 0.150 e. The SMILES string of the molecule is CCCNC(C)c1nnc(-c2cc(F)ccc2F)s1. The number of aromatic nitrogens is 2. The summed E-state index contributed by atoms with van der Waals surface area (Å²) in [5, 5.41) is 12.4. The van der Waals surface area contributed by atoms with Gasteiger partial charge in [-0.1, -0.05) is 18.3 Å². The fourth-order valence-electron chi connectivity index (χ4n) is 1.63. The Morgan fingerprint density at radius 1 is 1.32 bits per heavy atom. The summed E-state index contributed by atoms with van der Waals surface area (Å²) in [5.74, 6) is -0.969. The standard InChI is InChI=1S/C13H15F2N3S/c1-3-6-16-8(2)12-17-18-13(19-12)10-7-9(14)4-5-11(10)15/h4-5,7-8,16H,3,6H2,1-2H3. The summed E-state index contributed by atoms with van der Waals surface area (Å²) < 4.78 is 26.8. The van der Waals surface area contributed by atoms with E-state index < -0.39 is 11.6 Å². The lowest BCUT2D eigenvalue weighted by Gasteiger charge is -2.08. The number of benzene rings is 1. The second kappa shape index (κ2) is 6.16. The molecule has 1 heterocycles. The van der Waals surface area contributed by atoms with Crippen molar-refractivity contribution < 1.29 is 8.78 Å². The zero-order chi connectivity index (χ0) is 13.8. The predicted octanol–water partition coefficient (Wildman–Crippen LogP) is 3.54. The van der Waals surface area contributed by atoms with E-state index in [-0.39, 0.29) is 11.6 Å². The average molecular weight is 283 g/mol. The highest BCUT2D eigenvalue weighted by Crippen LogP contribution is 2.29. The largest absolute Gasteiger partial charge is 0.308 e. The molecule has 1 aromatic heterocycles. The Hall–Kier alpha value is -1.40. The molecule has 19 heavy (non-hydrogen) atoms. The molecule has 2 aromatic rings. The van der Waals surface area contributed by atoms with E-state index in [0.717, 1.165) is 36.2 Å². The first-order valence-corrected chi connectivity index (χ1v) is 6.95. The van der Waals surface area contributed by atoms with Gasteiger partial charge in [-0.3, -0.25) is 0 Å². The summed E-state index contributed by atoms with van der Waals surface area (Å²) in [6.45, 7) is 4.93. The van der Waals surface area contributed by atoms with Gasteiger partial charge in [0.15, 0.2) is 5.01 Å². The molecule has 3 nitrogen and oxygen atoms in total. The van der Waals surface area contributed by atoms with Gasteiger partial charge in [0.1, 0.15) is 16.6 Å². The molecule has 0 saturated heterocycles. The third-order valence-corrected chi connectivity index (χ3v) is 3.81. The molecule has 0 aliphatic carbocycles. The Balaban J connectivity index is 2.23. The second-order valence-electron chi connectivity index (χ2n) is 4.25. The van der Waals surface area contributed by atoms with E-state index >= 15 is 0 Å². The van der Waals surface area contributed by atoms with Gasteiger partial charge >= 0.3 is 0 Å². The molecule has 2 rings (SSSR count). The zero-order valence-corrected chi connectivity index (χ0v) is 11.6. The number of hydrogen-bond acceptors (Lipinski definition) is 4. The van der Waals surface area contributed by atoms with Crippen LogP contribution in [0, 0.1) is 11.6 Å². The molecule has 0 bridgehead atoms. The second-order valence-corrected chi connectivity index (χ2v) is 5.25. The number of hydrogen-bond donors (Lipinski definition) is 1. The third kappa shape index (κ3) is 3.33. The van der Waals surface area contributed by atoms with Crippen LogP contribution >= 0.6 is 11.3 Å². The molecular formula is C13H15F2N3S. The molecule has 0 aliphatic rings. The van der Waals surface area contributed by atoms with Crippen molar-refractivity contribution in [2.75, 3.05) is 6.54 Å². The molecule has 0 saturated carbocycles. The molecule has 0 radical (unpaired) electrons. The van der Waals surface area contributed by atoms with Crippen LogP contribution in [0.4, 0.5) is 8.78 Å². The van der Waals surface area contributed by atoms with Crippen molar-refractivity contribution in [3.05, 3.63) is 34.8 Å². The van der Waals surface area contributed by atoms with Crippen molar-refractivity contribution in [2.45, 2.75) is 26.3 Å². The maximum absolute atomic E-state index is 13.6. The minimum Gasteiger partial charge on any atom is -0.308 e. The van der Waals surface area contributed by atoms with Crippen LogP contribution in [-0.2, 0) is 0 Å². The monoisotopic (exact) mass is 283 g/mol. The summed E-state index contributed by atoms with van der Waals surface area (Å²) in [6, 6.07) is 3.39. The van der Waals surface area contributed by atoms with Crippen LogP contribution in [0.2, 0.25) is 0 Å². The molecule has 1 unspecified atom stereocenters. The van der Waals surface area contributed by atoms with Crippen LogP contribution in [0.25, 0.3) is 10.6 Å². The summed E-state index contributed by atoms with van der Waals surface area (Å²) >= 11 is 1.28. The summed E-state index contributed by atoms with van der Waals surface area (Å²) in [7, 11) is 0. The molecular weight excluding hydrogens is 268 g/mol. The van der Waals surface area contributed by atoms with Crippen LogP contribution in [0.15, 0.2) is 18.2 Å². The van der Waals surface area contributed by atoms with Gasteiger partial charge < -0.3 is 5.32 Å². The van der Waals surface area contributed by atoms with Crippen molar-refractivity contribution in [1.82, 2.24) is 15.5 Å². The van der Waals surface area contributed by atoms with Crippen LogP contribution in [0.5, 0.6) is 0 Å². The van der Waals surface area contributed by atoms with E-state index in [1.54, 1.807) is 0 Å². The Morgan fingerprint density at radius 2 is 2.11 bits per heavy atom. The average Bonchev–Trinajstić information content (AvgIpc) is 2.88. The van der Waals surface area contributed by atoms with Crippen molar-refractivity contribution in [3.8, 4) is 10.6 Å². The highest BCUT2D eigenvalue weighted by molar-refractivity contribution is 7.14. The third-order valence-electron chi connectivity index (χ3n) is 2.67. The van der Waals surface area contributed by atoms with Crippen molar-refractivity contribution in [3.63, 3.8) is 0 Å². The van der Waals surface area contributed by atoms with Gasteiger partial charge in [0, 0.05) is 0 Å². The lowest BCUT2D eigenvalue weighted by Crippen LogP contribution is -2.18. The fraction of sp³-hybridized carbons (Fsp3) is 0.385. The van der Waals surface area contributed by atoms with Crippen LogP contribution in [0.3, 0.4) is 0 Å². The Bertz CT molecular complexity index is 557. The van der Waals surface area contributed by atoms with Gasteiger partial charge in [-0.2, -0.15) is 0 Å². The highest BCUT2D eigenvalue weighted by Gasteiger charge is 2.15. The lowest BCUT2D eigenvalue weighted by atomic mass is 10.2. The van der Waals surface area contributed by atoms with Gasteiger partial charge in [-0.25, -0.2) is 8.78 Å². The number of nitrogens with one attached hydrogen (secondary N) is 1. The molecule has 0 fully saturated rings. The van der Waals surface area contributed by atoms with E-state index in [1.807, 2.05) is 6.92 Å².